The fourth-order valence-electron chi connectivity index (χ4n) is 2.37. The van der Waals surface area contributed by atoms with E-state index in [-0.39, 0.29) is 5.91 Å². The Morgan fingerprint density at radius 2 is 2.05 bits per heavy atom. The van der Waals surface area contributed by atoms with Crippen molar-refractivity contribution in [2.45, 2.75) is 6.92 Å². The van der Waals surface area contributed by atoms with Crippen molar-refractivity contribution in [3.8, 4) is 11.3 Å². The van der Waals surface area contributed by atoms with Crippen molar-refractivity contribution in [3.05, 3.63) is 47.9 Å². The molecule has 0 bridgehead atoms. The van der Waals surface area contributed by atoms with E-state index in [1.165, 1.54) is 0 Å². The van der Waals surface area contributed by atoms with E-state index >= 15 is 0 Å². The first kappa shape index (κ1) is 13.7. The highest BCUT2D eigenvalue weighted by Gasteiger charge is 2.19. The predicted octanol–water partition coefficient (Wildman–Crippen LogP) is 1.92. The quantitative estimate of drug-likeness (QED) is 0.845. The van der Waals surface area contributed by atoms with Crippen LogP contribution in [0.15, 0.2) is 36.8 Å². The van der Waals surface area contributed by atoms with Gasteiger partial charge in [0.2, 0.25) is 0 Å². The van der Waals surface area contributed by atoms with Gasteiger partial charge in [-0.2, -0.15) is 0 Å². The summed E-state index contributed by atoms with van der Waals surface area (Å²) in [5.74, 6) is 0.0302. The van der Waals surface area contributed by atoms with Crippen molar-refractivity contribution in [2.75, 3.05) is 26.3 Å². The number of pyridine rings is 2. The van der Waals surface area contributed by atoms with E-state index < -0.39 is 0 Å². The van der Waals surface area contributed by atoms with E-state index in [0.717, 1.165) is 16.8 Å². The molecule has 1 aliphatic heterocycles. The van der Waals surface area contributed by atoms with Crippen LogP contribution in [0.1, 0.15) is 15.9 Å². The van der Waals surface area contributed by atoms with Crippen molar-refractivity contribution in [1.82, 2.24) is 14.9 Å². The van der Waals surface area contributed by atoms with Crippen LogP contribution in [0.2, 0.25) is 0 Å². The van der Waals surface area contributed by atoms with Crippen LogP contribution in [-0.2, 0) is 4.74 Å². The van der Waals surface area contributed by atoms with Crippen LogP contribution in [0.4, 0.5) is 0 Å². The van der Waals surface area contributed by atoms with E-state index in [4.69, 9.17) is 4.74 Å². The topological polar surface area (TPSA) is 55.3 Å². The summed E-state index contributed by atoms with van der Waals surface area (Å²) >= 11 is 0. The van der Waals surface area contributed by atoms with E-state index in [1.54, 1.807) is 24.7 Å². The Kier molecular flexibility index (Phi) is 3.92. The number of ether oxygens (including phenoxy) is 1. The summed E-state index contributed by atoms with van der Waals surface area (Å²) in [6, 6.07) is 5.59. The van der Waals surface area contributed by atoms with Gasteiger partial charge in [-0.1, -0.05) is 0 Å². The van der Waals surface area contributed by atoms with Crippen molar-refractivity contribution in [3.63, 3.8) is 0 Å². The Morgan fingerprint density at radius 3 is 2.81 bits per heavy atom. The maximum absolute atomic E-state index is 12.5. The number of amides is 1. The van der Waals surface area contributed by atoms with Gasteiger partial charge in [0.15, 0.2) is 0 Å². The van der Waals surface area contributed by atoms with Gasteiger partial charge in [-0.25, -0.2) is 0 Å². The number of hydrogen-bond donors (Lipinski definition) is 0. The molecule has 2 aromatic heterocycles. The molecule has 0 atom stereocenters. The Bertz CT molecular complexity index is 651. The molecule has 0 aliphatic carbocycles. The van der Waals surface area contributed by atoms with Gasteiger partial charge in [0.25, 0.3) is 5.91 Å². The molecule has 2 aromatic rings. The molecule has 3 heterocycles. The van der Waals surface area contributed by atoms with Crippen molar-refractivity contribution >= 4 is 5.91 Å². The van der Waals surface area contributed by atoms with Crippen LogP contribution < -0.4 is 0 Å². The Hall–Kier alpha value is -2.27. The van der Waals surface area contributed by atoms with Gasteiger partial charge in [0, 0.05) is 42.8 Å². The summed E-state index contributed by atoms with van der Waals surface area (Å²) in [6.07, 6.45) is 5.23. The first-order valence-corrected chi connectivity index (χ1v) is 6.99. The van der Waals surface area contributed by atoms with Crippen molar-refractivity contribution in [1.29, 1.82) is 0 Å². The molecule has 0 spiro atoms. The molecule has 1 saturated heterocycles. The lowest BCUT2D eigenvalue weighted by Crippen LogP contribution is -2.40. The minimum atomic E-state index is 0.0302. The van der Waals surface area contributed by atoms with E-state index in [2.05, 4.69) is 9.97 Å². The fourth-order valence-corrected chi connectivity index (χ4v) is 2.37. The van der Waals surface area contributed by atoms with E-state index in [9.17, 15) is 4.79 Å². The molecule has 0 aromatic carbocycles. The molecule has 0 saturated carbocycles. The van der Waals surface area contributed by atoms with Crippen molar-refractivity contribution in [2.24, 2.45) is 0 Å². The molecule has 5 heteroatoms. The molecular formula is C16H17N3O2. The van der Waals surface area contributed by atoms with Gasteiger partial charge in [-0.3, -0.25) is 14.8 Å². The zero-order chi connectivity index (χ0) is 14.7. The van der Waals surface area contributed by atoms with Gasteiger partial charge in [-0.05, 0) is 30.7 Å². The van der Waals surface area contributed by atoms with Crippen molar-refractivity contribution < 1.29 is 9.53 Å². The minimum Gasteiger partial charge on any atom is -0.378 e. The number of aromatic nitrogens is 2. The maximum Gasteiger partial charge on any atom is 0.254 e. The van der Waals surface area contributed by atoms with Crippen LogP contribution >= 0.6 is 0 Å². The fraction of sp³-hybridized carbons (Fsp3) is 0.312. The molecular weight excluding hydrogens is 266 g/mol. The average molecular weight is 283 g/mol. The zero-order valence-electron chi connectivity index (χ0n) is 12.0. The smallest absolute Gasteiger partial charge is 0.254 e. The van der Waals surface area contributed by atoms with Crippen LogP contribution in [0.3, 0.4) is 0 Å². The van der Waals surface area contributed by atoms with Gasteiger partial charge >= 0.3 is 0 Å². The first-order valence-electron chi connectivity index (χ1n) is 6.99. The number of aryl methyl sites for hydroxylation is 1. The zero-order valence-corrected chi connectivity index (χ0v) is 12.0. The Balaban J connectivity index is 1.87. The van der Waals surface area contributed by atoms with Gasteiger partial charge < -0.3 is 9.64 Å². The van der Waals surface area contributed by atoms with Crippen LogP contribution in [-0.4, -0.2) is 47.1 Å². The lowest BCUT2D eigenvalue weighted by atomic mass is 10.1. The highest BCUT2D eigenvalue weighted by atomic mass is 16.5. The molecule has 1 amide bonds. The second-order valence-corrected chi connectivity index (χ2v) is 5.09. The number of morpholine rings is 1. The van der Waals surface area contributed by atoms with Crippen LogP contribution in [0.5, 0.6) is 0 Å². The average Bonchev–Trinajstić information content (AvgIpc) is 2.55. The second-order valence-electron chi connectivity index (χ2n) is 5.09. The largest absolute Gasteiger partial charge is 0.378 e. The van der Waals surface area contributed by atoms with Gasteiger partial charge in [0.05, 0.1) is 18.9 Å². The molecule has 0 N–H and O–H groups in total. The summed E-state index contributed by atoms with van der Waals surface area (Å²) in [6.45, 7) is 4.47. The second kappa shape index (κ2) is 6.01. The summed E-state index contributed by atoms with van der Waals surface area (Å²) < 4.78 is 5.28. The molecule has 0 radical (unpaired) electrons. The minimum absolute atomic E-state index is 0.0302. The third-order valence-corrected chi connectivity index (χ3v) is 3.48. The number of nitrogens with zero attached hydrogens (tertiary/aromatic N) is 3. The highest BCUT2D eigenvalue weighted by molar-refractivity contribution is 5.95. The first-order chi connectivity index (χ1) is 10.2. The molecule has 1 fully saturated rings. The molecule has 21 heavy (non-hydrogen) atoms. The van der Waals surface area contributed by atoms with E-state index in [0.29, 0.717) is 31.9 Å². The number of carbonyl (C=O) groups is 1. The highest BCUT2D eigenvalue weighted by Crippen LogP contribution is 2.19. The van der Waals surface area contributed by atoms with Gasteiger partial charge in [-0.15, -0.1) is 0 Å². The van der Waals surface area contributed by atoms with E-state index in [1.807, 2.05) is 24.0 Å². The molecule has 1 aliphatic rings. The number of carbonyl (C=O) groups excluding carboxylic acids is 1. The number of rotatable bonds is 2. The van der Waals surface area contributed by atoms with Crippen LogP contribution in [0.25, 0.3) is 11.3 Å². The Morgan fingerprint density at radius 1 is 1.24 bits per heavy atom. The summed E-state index contributed by atoms with van der Waals surface area (Å²) in [4.78, 5) is 22.8. The Labute approximate surface area is 123 Å². The third kappa shape index (κ3) is 3.08. The molecule has 108 valence electrons. The van der Waals surface area contributed by atoms with Gasteiger partial charge in [0.1, 0.15) is 0 Å². The maximum atomic E-state index is 12.5. The van der Waals surface area contributed by atoms with Crippen LogP contribution in [0, 0.1) is 6.92 Å². The third-order valence-electron chi connectivity index (χ3n) is 3.48. The predicted molar refractivity (Wildman–Crippen MR) is 78.9 cm³/mol. The summed E-state index contributed by atoms with van der Waals surface area (Å²) in [5.41, 5.74) is 3.42. The monoisotopic (exact) mass is 283 g/mol. The summed E-state index contributed by atoms with van der Waals surface area (Å²) in [5, 5.41) is 0. The summed E-state index contributed by atoms with van der Waals surface area (Å²) in [7, 11) is 0. The lowest BCUT2D eigenvalue weighted by Gasteiger charge is -2.26. The normalized spacial score (nSPS) is 15.0. The lowest BCUT2D eigenvalue weighted by molar-refractivity contribution is 0.0303. The molecule has 0 unspecified atom stereocenters. The standard InChI is InChI=1S/C16H17N3O2/c1-12-8-14(11-17-10-12)15-9-13(2-3-18-15)16(20)19-4-6-21-7-5-19/h2-3,8-11H,4-7H2,1H3. The number of hydrogen-bond acceptors (Lipinski definition) is 4. The molecule has 3 rings (SSSR count). The molecule has 5 nitrogen and oxygen atoms in total. The SMILES string of the molecule is Cc1cncc(-c2cc(C(=O)N3CCOCC3)ccn2)c1.